The van der Waals surface area contributed by atoms with E-state index < -0.39 is 0 Å². The minimum Gasteiger partial charge on any atom is -0.393 e. The summed E-state index contributed by atoms with van der Waals surface area (Å²) in [6, 6.07) is 5.12. The molecule has 4 heteroatoms. The minimum atomic E-state index is -0.194. The van der Waals surface area contributed by atoms with Gasteiger partial charge in [-0.05, 0) is 56.0 Å². The fourth-order valence-electron chi connectivity index (χ4n) is 2.97. The second-order valence-corrected chi connectivity index (χ2v) is 5.85. The molecular weight excluding hydrogens is 255 g/mol. The molecule has 0 aliphatic heterocycles. The Hall–Kier alpha value is -1.13. The first-order chi connectivity index (χ1) is 9.51. The van der Waals surface area contributed by atoms with Crippen LogP contribution in [0.15, 0.2) is 18.2 Å². The molecule has 1 aliphatic rings. The number of aliphatic hydroxyl groups excluding tert-OH is 1. The van der Waals surface area contributed by atoms with E-state index in [0.717, 1.165) is 37.2 Å². The lowest BCUT2D eigenvalue weighted by atomic mass is 9.82. The molecule has 1 aromatic carbocycles. The van der Waals surface area contributed by atoms with Gasteiger partial charge in [0.25, 0.3) is 0 Å². The Morgan fingerprint density at radius 1 is 1.45 bits per heavy atom. The van der Waals surface area contributed by atoms with Crippen LogP contribution in [-0.4, -0.2) is 31.3 Å². The van der Waals surface area contributed by atoms with Crippen molar-refractivity contribution >= 4 is 5.69 Å². The number of rotatable bonds is 6. The SMILES string of the molecule is CCNC(C)c1cc(F)ccc1N(C)CC1CC(O)C1. The highest BCUT2D eigenvalue weighted by Gasteiger charge is 2.28. The van der Waals surface area contributed by atoms with Crippen LogP contribution in [0.25, 0.3) is 0 Å². The van der Waals surface area contributed by atoms with Gasteiger partial charge in [-0.2, -0.15) is 0 Å². The Labute approximate surface area is 120 Å². The summed E-state index contributed by atoms with van der Waals surface area (Å²) in [5.41, 5.74) is 2.07. The molecule has 0 aromatic heterocycles. The van der Waals surface area contributed by atoms with Gasteiger partial charge in [-0.25, -0.2) is 4.39 Å². The van der Waals surface area contributed by atoms with Crippen LogP contribution in [0, 0.1) is 11.7 Å². The van der Waals surface area contributed by atoms with Crippen molar-refractivity contribution < 1.29 is 9.50 Å². The van der Waals surface area contributed by atoms with Crippen molar-refractivity contribution in [2.45, 2.75) is 38.8 Å². The van der Waals surface area contributed by atoms with E-state index in [9.17, 15) is 9.50 Å². The van der Waals surface area contributed by atoms with Crippen molar-refractivity contribution in [2.24, 2.45) is 5.92 Å². The molecule has 1 aromatic rings. The summed E-state index contributed by atoms with van der Waals surface area (Å²) in [7, 11) is 2.04. The van der Waals surface area contributed by atoms with Crippen LogP contribution in [0.4, 0.5) is 10.1 Å². The first-order valence-electron chi connectivity index (χ1n) is 7.43. The van der Waals surface area contributed by atoms with Crippen molar-refractivity contribution in [1.29, 1.82) is 0 Å². The maximum Gasteiger partial charge on any atom is 0.123 e. The Kier molecular flexibility index (Phi) is 5.00. The maximum absolute atomic E-state index is 13.5. The highest BCUT2D eigenvalue weighted by Crippen LogP contribution is 2.32. The molecule has 2 rings (SSSR count). The minimum absolute atomic E-state index is 0.123. The molecule has 0 radical (unpaired) electrons. The molecule has 1 saturated carbocycles. The number of benzene rings is 1. The Morgan fingerprint density at radius 2 is 2.15 bits per heavy atom. The van der Waals surface area contributed by atoms with Crippen LogP contribution < -0.4 is 10.2 Å². The number of nitrogens with zero attached hydrogens (tertiary/aromatic N) is 1. The molecule has 1 atom stereocenters. The zero-order valence-corrected chi connectivity index (χ0v) is 12.6. The van der Waals surface area contributed by atoms with Crippen LogP contribution in [0.5, 0.6) is 0 Å². The average Bonchev–Trinajstić information content (AvgIpc) is 2.37. The van der Waals surface area contributed by atoms with Crippen molar-refractivity contribution in [1.82, 2.24) is 5.32 Å². The van der Waals surface area contributed by atoms with E-state index in [2.05, 4.69) is 24.1 Å². The summed E-state index contributed by atoms with van der Waals surface area (Å²) in [5.74, 6) is 0.350. The topological polar surface area (TPSA) is 35.5 Å². The summed E-state index contributed by atoms with van der Waals surface area (Å²) in [4.78, 5) is 2.18. The number of aliphatic hydroxyl groups is 1. The zero-order chi connectivity index (χ0) is 14.7. The van der Waals surface area contributed by atoms with Gasteiger partial charge in [0.2, 0.25) is 0 Å². The lowest BCUT2D eigenvalue weighted by molar-refractivity contribution is 0.0464. The van der Waals surface area contributed by atoms with Crippen LogP contribution >= 0.6 is 0 Å². The number of hydrogen-bond acceptors (Lipinski definition) is 3. The second-order valence-electron chi connectivity index (χ2n) is 5.85. The maximum atomic E-state index is 13.5. The normalized spacial score (nSPS) is 23.2. The highest BCUT2D eigenvalue weighted by molar-refractivity contribution is 5.54. The van der Waals surface area contributed by atoms with Gasteiger partial charge in [0.05, 0.1) is 6.10 Å². The van der Waals surface area contributed by atoms with E-state index in [0.29, 0.717) is 5.92 Å². The fraction of sp³-hybridized carbons (Fsp3) is 0.625. The van der Waals surface area contributed by atoms with Gasteiger partial charge in [0, 0.05) is 25.3 Å². The quantitative estimate of drug-likeness (QED) is 0.841. The smallest absolute Gasteiger partial charge is 0.123 e. The summed E-state index contributed by atoms with van der Waals surface area (Å²) >= 11 is 0. The van der Waals surface area contributed by atoms with E-state index in [1.54, 1.807) is 6.07 Å². The van der Waals surface area contributed by atoms with Crippen LogP contribution in [0.3, 0.4) is 0 Å². The highest BCUT2D eigenvalue weighted by atomic mass is 19.1. The molecule has 0 bridgehead atoms. The Balaban J connectivity index is 2.12. The molecule has 0 heterocycles. The van der Waals surface area contributed by atoms with Gasteiger partial charge >= 0.3 is 0 Å². The fourth-order valence-corrected chi connectivity index (χ4v) is 2.97. The van der Waals surface area contributed by atoms with Crippen LogP contribution in [-0.2, 0) is 0 Å². The van der Waals surface area contributed by atoms with Crippen LogP contribution in [0.2, 0.25) is 0 Å². The second kappa shape index (κ2) is 6.55. The molecule has 20 heavy (non-hydrogen) atoms. The number of hydrogen-bond donors (Lipinski definition) is 2. The Bertz CT molecular complexity index is 446. The predicted octanol–water partition coefficient (Wildman–Crippen LogP) is 2.70. The van der Waals surface area contributed by atoms with Crippen molar-refractivity contribution in [3.8, 4) is 0 Å². The zero-order valence-electron chi connectivity index (χ0n) is 12.6. The molecular formula is C16H25FN2O. The third-order valence-corrected chi connectivity index (χ3v) is 4.12. The summed E-state index contributed by atoms with van der Waals surface area (Å²) in [6.07, 6.45) is 1.63. The molecule has 0 amide bonds. The molecule has 2 N–H and O–H groups in total. The molecule has 112 valence electrons. The molecule has 1 fully saturated rings. The van der Waals surface area contributed by atoms with Crippen molar-refractivity contribution in [3.05, 3.63) is 29.6 Å². The van der Waals surface area contributed by atoms with E-state index in [4.69, 9.17) is 0 Å². The lowest BCUT2D eigenvalue weighted by Crippen LogP contribution is -2.37. The van der Waals surface area contributed by atoms with Crippen LogP contribution in [0.1, 0.15) is 38.3 Å². The largest absolute Gasteiger partial charge is 0.393 e. The number of nitrogens with one attached hydrogen (secondary N) is 1. The third kappa shape index (κ3) is 3.49. The first kappa shape index (κ1) is 15.3. The van der Waals surface area contributed by atoms with Gasteiger partial charge in [-0.3, -0.25) is 0 Å². The molecule has 0 spiro atoms. The summed E-state index contributed by atoms with van der Waals surface area (Å²) < 4.78 is 13.5. The van der Waals surface area contributed by atoms with Gasteiger partial charge < -0.3 is 15.3 Å². The predicted molar refractivity (Wildman–Crippen MR) is 80.5 cm³/mol. The summed E-state index contributed by atoms with van der Waals surface area (Å²) in [6.45, 7) is 5.88. The van der Waals surface area contributed by atoms with E-state index >= 15 is 0 Å². The van der Waals surface area contributed by atoms with E-state index in [1.807, 2.05) is 13.1 Å². The molecule has 3 nitrogen and oxygen atoms in total. The molecule has 1 aliphatic carbocycles. The standard InChI is InChI=1S/C16H25FN2O/c1-4-18-11(2)15-9-13(17)5-6-16(15)19(3)10-12-7-14(20)8-12/h5-6,9,11-12,14,18,20H,4,7-8,10H2,1-3H3. The van der Waals surface area contributed by atoms with E-state index in [1.165, 1.54) is 6.07 Å². The van der Waals surface area contributed by atoms with Gasteiger partial charge in [-0.1, -0.05) is 6.92 Å². The van der Waals surface area contributed by atoms with Gasteiger partial charge in [0.15, 0.2) is 0 Å². The monoisotopic (exact) mass is 280 g/mol. The van der Waals surface area contributed by atoms with E-state index in [-0.39, 0.29) is 18.0 Å². The van der Waals surface area contributed by atoms with Gasteiger partial charge in [-0.15, -0.1) is 0 Å². The Morgan fingerprint density at radius 3 is 2.75 bits per heavy atom. The molecule has 1 unspecified atom stereocenters. The third-order valence-electron chi connectivity index (χ3n) is 4.12. The summed E-state index contributed by atoms with van der Waals surface area (Å²) in [5, 5.41) is 12.7. The first-order valence-corrected chi connectivity index (χ1v) is 7.43. The van der Waals surface area contributed by atoms with Gasteiger partial charge in [0.1, 0.15) is 5.82 Å². The number of halogens is 1. The van der Waals surface area contributed by atoms with Crippen molar-refractivity contribution in [2.75, 3.05) is 25.0 Å². The van der Waals surface area contributed by atoms with Crippen molar-refractivity contribution in [3.63, 3.8) is 0 Å². The molecule has 0 saturated heterocycles. The lowest BCUT2D eigenvalue weighted by Gasteiger charge is -2.36. The average molecular weight is 280 g/mol. The number of anilines is 1.